The summed E-state index contributed by atoms with van der Waals surface area (Å²) in [7, 11) is 0. The zero-order valence-corrected chi connectivity index (χ0v) is 12.5. The van der Waals surface area contributed by atoms with Crippen molar-refractivity contribution in [1.82, 2.24) is 10.2 Å². The van der Waals surface area contributed by atoms with Crippen LogP contribution in [0.5, 0.6) is 0 Å². The van der Waals surface area contributed by atoms with E-state index in [2.05, 4.69) is 31.4 Å². The second-order valence-electron chi connectivity index (χ2n) is 4.28. The molecule has 21 heavy (non-hydrogen) atoms. The summed E-state index contributed by atoms with van der Waals surface area (Å²) in [6, 6.07) is 4.93. The van der Waals surface area contributed by atoms with Crippen LogP contribution in [0.4, 0.5) is 19.0 Å². The van der Waals surface area contributed by atoms with Crippen LogP contribution in [0, 0.1) is 0 Å². The maximum absolute atomic E-state index is 12.8. The van der Waals surface area contributed by atoms with Crippen molar-refractivity contribution in [3.8, 4) is 0 Å². The highest BCUT2D eigenvalue weighted by Gasteiger charge is 2.33. The van der Waals surface area contributed by atoms with E-state index in [-0.39, 0.29) is 15.9 Å². The second kappa shape index (κ2) is 5.88. The number of halogens is 4. The van der Waals surface area contributed by atoms with Gasteiger partial charge in [0.15, 0.2) is 5.82 Å². The number of hydrogen-bond acceptors (Lipinski definition) is 2. The molecule has 2 N–H and O–H groups in total. The zero-order valence-electron chi connectivity index (χ0n) is 10.9. The number of nitrogens with zero attached hydrogens (tertiary/aromatic N) is 1. The summed E-state index contributed by atoms with van der Waals surface area (Å²) in [5.74, 6) is -0.379. The van der Waals surface area contributed by atoms with E-state index in [1.165, 1.54) is 12.1 Å². The van der Waals surface area contributed by atoms with Crippen LogP contribution >= 0.6 is 15.9 Å². The molecule has 0 saturated carbocycles. The van der Waals surface area contributed by atoms with Crippen LogP contribution in [-0.2, 0) is 12.6 Å². The van der Waals surface area contributed by atoms with E-state index in [4.69, 9.17) is 0 Å². The number of hydrogen-bond donors (Lipinski definition) is 2. The van der Waals surface area contributed by atoms with Crippen molar-refractivity contribution in [2.75, 3.05) is 5.32 Å². The first-order chi connectivity index (χ1) is 9.81. The molecule has 0 atom stereocenters. The average molecular weight is 362 g/mol. The number of H-pyrrole nitrogens is 1. The van der Waals surface area contributed by atoms with Crippen molar-refractivity contribution in [1.29, 1.82) is 0 Å². The Morgan fingerprint density at radius 3 is 2.67 bits per heavy atom. The lowest BCUT2D eigenvalue weighted by molar-refractivity contribution is -0.138. The van der Waals surface area contributed by atoms with Crippen LogP contribution < -0.4 is 5.32 Å². The fourth-order valence-electron chi connectivity index (χ4n) is 1.68. The molecule has 0 aliphatic carbocycles. The molecule has 0 aliphatic rings. The van der Waals surface area contributed by atoms with Crippen molar-refractivity contribution in [3.63, 3.8) is 0 Å². The van der Waals surface area contributed by atoms with Crippen molar-refractivity contribution in [3.05, 3.63) is 45.6 Å². The van der Waals surface area contributed by atoms with E-state index in [9.17, 15) is 18.0 Å². The van der Waals surface area contributed by atoms with Crippen molar-refractivity contribution >= 4 is 27.7 Å². The van der Waals surface area contributed by atoms with Gasteiger partial charge < -0.3 is 5.32 Å². The molecule has 0 radical (unpaired) electrons. The lowest BCUT2D eigenvalue weighted by Gasteiger charge is -2.10. The lowest BCUT2D eigenvalue weighted by Crippen LogP contribution is -2.14. The molecule has 0 saturated heterocycles. The van der Waals surface area contributed by atoms with Gasteiger partial charge in [-0.05, 0) is 24.6 Å². The standard InChI is InChI=1S/C13H11BrF3N3O/c1-2-8-6-11(20-19-8)18-12(21)7-3-4-10(14)9(5-7)13(15,16)17/h3-6H,2H2,1H3,(H2,18,19,20,21). The highest BCUT2D eigenvalue weighted by Crippen LogP contribution is 2.35. The van der Waals surface area contributed by atoms with Gasteiger partial charge in [0.05, 0.1) is 5.56 Å². The van der Waals surface area contributed by atoms with Crippen LogP contribution in [0.2, 0.25) is 0 Å². The van der Waals surface area contributed by atoms with Crippen LogP contribution in [0.3, 0.4) is 0 Å². The highest BCUT2D eigenvalue weighted by molar-refractivity contribution is 9.10. The molecule has 1 aromatic heterocycles. The molecule has 2 rings (SSSR count). The van der Waals surface area contributed by atoms with Gasteiger partial charge in [0.2, 0.25) is 0 Å². The predicted octanol–water partition coefficient (Wildman–Crippen LogP) is 4.01. The summed E-state index contributed by atoms with van der Waals surface area (Å²) in [6.07, 6.45) is -3.82. The van der Waals surface area contributed by atoms with Gasteiger partial charge in [-0.1, -0.05) is 22.9 Å². The Morgan fingerprint density at radius 1 is 1.38 bits per heavy atom. The van der Waals surface area contributed by atoms with E-state index >= 15 is 0 Å². The third kappa shape index (κ3) is 3.63. The van der Waals surface area contributed by atoms with Gasteiger partial charge in [0.1, 0.15) is 0 Å². The first-order valence-corrected chi connectivity index (χ1v) is 6.83. The predicted molar refractivity (Wildman–Crippen MR) is 75.1 cm³/mol. The summed E-state index contributed by atoms with van der Waals surface area (Å²) < 4.78 is 38.3. The molecular formula is C13H11BrF3N3O. The number of rotatable bonds is 3. The summed E-state index contributed by atoms with van der Waals surface area (Å²) in [5.41, 5.74) is -0.171. The quantitative estimate of drug-likeness (QED) is 0.867. The largest absolute Gasteiger partial charge is 0.417 e. The minimum Gasteiger partial charge on any atom is -0.305 e. The van der Waals surface area contributed by atoms with Crippen LogP contribution in [0.1, 0.15) is 28.5 Å². The molecule has 2 aromatic rings. The van der Waals surface area contributed by atoms with Gasteiger partial charge >= 0.3 is 6.18 Å². The lowest BCUT2D eigenvalue weighted by atomic mass is 10.1. The van der Waals surface area contributed by atoms with Crippen LogP contribution in [0.25, 0.3) is 0 Å². The van der Waals surface area contributed by atoms with Gasteiger partial charge in [-0.15, -0.1) is 0 Å². The van der Waals surface area contributed by atoms with Crippen molar-refractivity contribution < 1.29 is 18.0 Å². The zero-order chi connectivity index (χ0) is 15.6. The van der Waals surface area contributed by atoms with Gasteiger partial charge in [0, 0.05) is 21.8 Å². The maximum Gasteiger partial charge on any atom is 0.417 e. The van der Waals surface area contributed by atoms with E-state index < -0.39 is 17.6 Å². The first-order valence-electron chi connectivity index (χ1n) is 6.03. The molecule has 1 heterocycles. The normalized spacial score (nSPS) is 11.5. The Labute approximate surface area is 126 Å². The Balaban J connectivity index is 2.23. The fourth-order valence-corrected chi connectivity index (χ4v) is 2.15. The molecule has 0 aliphatic heterocycles. The fraction of sp³-hybridized carbons (Fsp3) is 0.231. The second-order valence-corrected chi connectivity index (χ2v) is 5.13. The number of alkyl halides is 3. The monoisotopic (exact) mass is 361 g/mol. The smallest absolute Gasteiger partial charge is 0.305 e. The summed E-state index contributed by atoms with van der Waals surface area (Å²) in [6.45, 7) is 1.91. The minimum absolute atomic E-state index is 0.0911. The number of amides is 1. The van der Waals surface area contributed by atoms with E-state index in [0.717, 1.165) is 11.8 Å². The number of carbonyl (C=O) groups is 1. The average Bonchev–Trinajstić information content (AvgIpc) is 2.85. The van der Waals surface area contributed by atoms with Crippen molar-refractivity contribution in [2.24, 2.45) is 0 Å². The number of aryl methyl sites for hydroxylation is 1. The van der Waals surface area contributed by atoms with Gasteiger partial charge in [-0.25, -0.2) is 0 Å². The number of benzene rings is 1. The highest BCUT2D eigenvalue weighted by atomic mass is 79.9. The number of anilines is 1. The molecular weight excluding hydrogens is 351 g/mol. The Hall–Kier alpha value is -1.83. The number of nitrogens with one attached hydrogen (secondary N) is 2. The third-order valence-corrected chi connectivity index (χ3v) is 3.48. The number of carbonyl (C=O) groups excluding carboxylic acids is 1. The maximum atomic E-state index is 12.8. The van der Waals surface area contributed by atoms with Gasteiger partial charge in [-0.3, -0.25) is 9.89 Å². The molecule has 0 spiro atoms. The van der Waals surface area contributed by atoms with Crippen LogP contribution in [0.15, 0.2) is 28.7 Å². The number of aromatic amines is 1. The Morgan fingerprint density at radius 2 is 2.10 bits per heavy atom. The molecule has 0 bridgehead atoms. The third-order valence-electron chi connectivity index (χ3n) is 2.79. The Bertz CT molecular complexity index is 667. The van der Waals surface area contributed by atoms with E-state index in [0.29, 0.717) is 6.42 Å². The Kier molecular flexibility index (Phi) is 4.36. The van der Waals surface area contributed by atoms with E-state index in [1.54, 1.807) is 6.07 Å². The molecule has 8 heteroatoms. The summed E-state index contributed by atoms with van der Waals surface area (Å²) in [5, 5.41) is 9.00. The van der Waals surface area contributed by atoms with E-state index in [1.807, 2.05) is 6.92 Å². The number of aromatic nitrogens is 2. The summed E-state index contributed by atoms with van der Waals surface area (Å²) in [4.78, 5) is 12.0. The van der Waals surface area contributed by atoms with Crippen molar-refractivity contribution in [2.45, 2.75) is 19.5 Å². The molecule has 4 nitrogen and oxygen atoms in total. The minimum atomic E-state index is -4.53. The molecule has 0 fully saturated rings. The molecule has 0 unspecified atom stereocenters. The molecule has 1 aromatic carbocycles. The summed E-state index contributed by atoms with van der Waals surface area (Å²) >= 11 is 2.83. The van der Waals surface area contributed by atoms with Crippen LogP contribution in [-0.4, -0.2) is 16.1 Å². The van der Waals surface area contributed by atoms with Gasteiger partial charge in [0.25, 0.3) is 5.91 Å². The van der Waals surface area contributed by atoms with Gasteiger partial charge in [-0.2, -0.15) is 18.3 Å². The molecule has 1 amide bonds. The SMILES string of the molecule is CCc1cc(NC(=O)c2ccc(Br)c(C(F)(F)F)c2)n[nH]1. The topological polar surface area (TPSA) is 57.8 Å². The first kappa shape index (κ1) is 15.6. The molecule has 112 valence electrons.